The highest BCUT2D eigenvalue weighted by molar-refractivity contribution is 7.21. The smallest absolute Gasteiger partial charge is 0.348 e. The van der Waals surface area contributed by atoms with Crippen molar-refractivity contribution in [2.45, 2.75) is 19.9 Å². The number of hydrogen-bond donors (Lipinski definition) is 1. The Morgan fingerprint density at radius 3 is 3.04 bits per heavy atom. The molecule has 1 N–H and O–H groups in total. The van der Waals surface area contributed by atoms with E-state index in [9.17, 15) is 14.3 Å². The molecule has 3 rings (SSSR count). The molecule has 1 fully saturated rings. The lowest BCUT2D eigenvalue weighted by Gasteiger charge is -2.16. The summed E-state index contributed by atoms with van der Waals surface area (Å²) in [6.45, 7) is 4.35. The number of nitrogens with zero attached hydrogens (tertiary/aromatic N) is 1. The van der Waals surface area contributed by atoms with Crippen LogP contribution in [0.15, 0.2) is 18.2 Å². The molecule has 4 nitrogen and oxygen atoms in total. The Kier molecular flexibility index (Phi) is 4.94. The molecule has 6 heteroatoms. The van der Waals surface area contributed by atoms with Gasteiger partial charge in [-0.2, -0.15) is 0 Å². The Labute approximate surface area is 138 Å². The van der Waals surface area contributed by atoms with E-state index in [1.54, 1.807) is 13.0 Å². The van der Waals surface area contributed by atoms with Crippen LogP contribution in [0.4, 0.5) is 4.39 Å². The molecular weight excluding hydrogens is 317 g/mol. The number of aliphatic hydroxyl groups excluding tert-OH is 1. The van der Waals surface area contributed by atoms with Gasteiger partial charge in [-0.05, 0) is 37.9 Å². The highest BCUT2D eigenvalue weighted by Crippen LogP contribution is 2.35. The van der Waals surface area contributed by atoms with E-state index in [0.29, 0.717) is 29.0 Å². The number of ether oxygens (including phenoxy) is 1. The number of aliphatic hydroxyl groups is 1. The lowest BCUT2D eigenvalue weighted by molar-refractivity contribution is 0.0530. The minimum Gasteiger partial charge on any atom is -0.462 e. The number of fused-ring (bicyclic) bond motifs is 1. The molecule has 1 saturated heterocycles. The molecule has 23 heavy (non-hydrogen) atoms. The average molecular weight is 337 g/mol. The van der Waals surface area contributed by atoms with Crippen LogP contribution in [0.1, 0.15) is 28.6 Å². The van der Waals surface area contributed by atoms with E-state index in [4.69, 9.17) is 4.74 Å². The van der Waals surface area contributed by atoms with Gasteiger partial charge in [0.15, 0.2) is 0 Å². The largest absolute Gasteiger partial charge is 0.462 e. The molecule has 1 unspecified atom stereocenters. The molecule has 0 radical (unpaired) electrons. The third-order valence-electron chi connectivity index (χ3n) is 4.23. The first kappa shape index (κ1) is 16.4. The molecule has 124 valence electrons. The van der Waals surface area contributed by atoms with Crippen LogP contribution in [0.25, 0.3) is 10.1 Å². The number of esters is 1. The van der Waals surface area contributed by atoms with Crippen LogP contribution >= 0.6 is 11.3 Å². The third kappa shape index (κ3) is 3.24. The Hall–Kier alpha value is -1.50. The summed E-state index contributed by atoms with van der Waals surface area (Å²) in [5.41, 5.74) is 0.708. The fourth-order valence-corrected chi connectivity index (χ4v) is 4.23. The van der Waals surface area contributed by atoms with Gasteiger partial charge in [-0.3, -0.25) is 4.90 Å². The van der Waals surface area contributed by atoms with Crippen molar-refractivity contribution < 1.29 is 19.0 Å². The molecule has 0 saturated carbocycles. The first-order valence-corrected chi connectivity index (χ1v) is 8.65. The zero-order valence-corrected chi connectivity index (χ0v) is 13.9. The van der Waals surface area contributed by atoms with Gasteiger partial charge in [-0.15, -0.1) is 11.3 Å². The number of carbonyl (C=O) groups is 1. The van der Waals surface area contributed by atoms with E-state index in [1.165, 1.54) is 17.4 Å². The van der Waals surface area contributed by atoms with E-state index in [2.05, 4.69) is 4.90 Å². The second kappa shape index (κ2) is 6.95. The summed E-state index contributed by atoms with van der Waals surface area (Å²) in [5.74, 6) is -0.431. The summed E-state index contributed by atoms with van der Waals surface area (Å²) in [4.78, 5) is 14.9. The standard InChI is InChI=1S/C17H20FNO3S/c1-2-22-17(21)16-12(9-19-7-6-11(8-19)10-20)15-13(18)4-3-5-14(15)23-16/h3-5,11,20H,2,6-10H2,1H3. The van der Waals surface area contributed by atoms with E-state index >= 15 is 0 Å². The van der Waals surface area contributed by atoms with Gasteiger partial charge < -0.3 is 9.84 Å². The lowest BCUT2D eigenvalue weighted by atomic mass is 10.1. The van der Waals surface area contributed by atoms with Crippen molar-refractivity contribution >= 4 is 27.4 Å². The van der Waals surface area contributed by atoms with E-state index < -0.39 is 0 Å². The van der Waals surface area contributed by atoms with Gasteiger partial charge in [0.1, 0.15) is 10.7 Å². The van der Waals surface area contributed by atoms with Crippen LogP contribution in [-0.4, -0.2) is 42.3 Å². The maximum Gasteiger partial charge on any atom is 0.348 e. The maximum atomic E-state index is 14.3. The Morgan fingerprint density at radius 2 is 2.35 bits per heavy atom. The predicted octanol–water partition coefficient (Wildman–Crippen LogP) is 3.03. The van der Waals surface area contributed by atoms with Crippen LogP contribution in [0.3, 0.4) is 0 Å². The third-order valence-corrected chi connectivity index (χ3v) is 5.41. The minimum absolute atomic E-state index is 0.167. The number of likely N-dealkylation sites (tertiary alicyclic amines) is 1. The van der Waals surface area contributed by atoms with Crippen molar-refractivity contribution in [3.05, 3.63) is 34.5 Å². The lowest BCUT2D eigenvalue weighted by Crippen LogP contribution is -2.22. The molecule has 0 spiro atoms. The fraction of sp³-hybridized carbons (Fsp3) is 0.471. The Balaban J connectivity index is 1.98. The molecular formula is C17H20FNO3S. The van der Waals surface area contributed by atoms with Crippen molar-refractivity contribution in [2.75, 3.05) is 26.3 Å². The summed E-state index contributed by atoms with van der Waals surface area (Å²) in [7, 11) is 0. The van der Waals surface area contributed by atoms with Gasteiger partial charge in [-0.25, -0.2) is 9.18 Å². The Morgan fingerprint density at radius 1 is 1.52 bits per heavy atom. The second-order valence-electron chi connectivity index (χ2n) is 5.82. The Bertz CT molecular complexity index is 715. The molecule has 0 aliphatic carbocycles. The van der Waals surface area contributed by atoms with Crippen molar-refractivity contribution in [2.24, 2.45) is 5.92 Å². The van der Waals surface area contributed by atoms with Gasteiger partial charge in [-0.1, -0.05) is 6.07 Å². The molecule has 1 atom stereocenters. The van der Waals surface area contributed by atoms with Crippen LogP contribution in [0.5, 0.6) is 0 Å². The molecule has 1 aromatic heterocycles. The maximum absolute atomic E-state index is 14.3. The summed E-state index contributed by atoms with van der Waals surface area (Å²) in [6.07, 6.45) is 0.926. The molecule has 1 aliphatic heterocycles. The average Bonchev–Trinajstić information content (AvgIpc) is 3.13. The van der Waals surface area contributed by atoms with Crippen molar-refractivity contribution in [1.29, 1.82) is 0 Å². The topological polar surface area (TPSA) is 49.8 Å². The first-order valence-electron chi connectivity index (χ1n) is 7.84. The molecule has 0 bridgehead atoms. The number of thiophene rings is 1. The normalized spacial score (nSPS) is 18.7. The number of rotatable bonds is 5. The van der Waals surface area contributed by atoms with Crippen LogP contribution in [0, 0.1) is 11.7 Å². The fourth-order valence-electron chi connectivity index (χ4n) is 3.11. The SMILES string of the molecule is CCOC(=O)c1sc2cccc(F)c2c1CN1CCC(CO)C1. The first-order chi connectivity index (χ1) is 11.1. The van der Waals surface area contributed by atoms with Gasteiger partial charge in [0.05, 0.1) is 6.61 Å². The van der Waals surface area contributed by atoms with Gasteiger partial charge in [0.2, 0.25) is 0 Å². The van der Waals surface area contributed by atoms with E-state index in [0.717, 1.165) is 24.2 Å². The highest BCUT2D eigenvalue weighted by Gasteiger charge is 2.27. The summed E-state index contributed by atoms with van der Waals surface area (Å²) >= 11 is 1.29. The number of hydrogen-bond acceptors (Lipinski definition) is 5. The molecule has 2 heterocycles. The molecule has 1 aliphatic rings. The van der Waals surface area contributed by atoms with Crippen molar-refractivity contribution in [1.82, 2.24) is 4.90 Å². The van der Waals surface area contributed by atoms with E-state index in [-0.39, 0.29) is 24.3 Å². The number of carbonyl (C=O) groups excluding carboxylic acids is 1. The minimum atomic E-state index is -0.388. The molecule has 0 amide bonds. The zero-order chi connectivity index (χ0) is 16.4. The van der Waals surface area contributed by atoms with Gasteiger partial charge in [0.25, 0.3) is 0 Å². The van der Waals surface area contributed by atoms with Gasteiger partial charge in [0, 0.05) is 35.3 Å². The van der Waals surface area contributed by atoms with Crippen LogP contribution in [-0.2, 0) is 11.3 Å². The summed E-state index contributed by atoms with van der Waals surface area (Å²) in [6, 6.07) is 4.91. The monoisotopic (exact) mass is 337 g/mol. The van der Waals surface area contributed by atoms with Crippen LogP contribution < -0.4 is 0 Å². The summed E-state index contributed by atoms with van der Waals surface area (Å²) < 4.78 is 20.2. The van der Waals surface area contributed by atoms with Crippen molar-refractivity contribution in [3.8, 4) is 0 Å². The second-order valence-corrected chi connectivity index (χ2v) is 6.87. The summed E-state index contributed by atoms with van der Waals surface area (Å²) in [5, 5.41) is 9.80. The van der Waals surface area contributed by atoms with E-state index in [1.807, 2.05) is 6.07 Å². The molecule has 1 aromatic carbocycles. The van der Waals surface area contributed by atoms with Crippen LogP contribution in [0.2, 0.25) is 0 Å². The molecule has 2 aromatic rings. The highest BCUT2D eigenvalue weighted by atomic mass is 32.1. The van der Waals surface area contributed by atoms with Crippen molar-refractivity contribution in [3.63, 3.8) is 0 Å². The number of benzene rings is 1. The van der Waals surface area contributed by atoms with Gasteiger partial charge >= 0.3 is 5.97 Å². The predicted molar refractivity (Wildman–Crippen MR) is 88.2 cm³/mol. The quantitative estimate of drug-likeness (QED) is 0.852. The zero-order valence-electron chi connectivity index (χ0n) is 13.0. The number of halogens is 1.